The van der Waals surface area contributed by atoms with Crippen molar-refractivity contribution in [1.82, 2.24) is 20.1 Å². The van der Waals surface area contributed by atoms with E-state index in [2.05, 4.69) is 38.4 Å². The van der Waals surface area contributed by atoms with Crippen molar-refractivity contribution < 1.29 is 9.59 Å². The first-order chi connectivity index (χ1) is 14.2. The van der Waals surface area contributed by atoms with Gasteiger partial charge in [0.1, 0.15) is 0 Å². The van der Waals surface area contributed by atoms with Crippen LogP contribution >= 0.6 is 0 Å². The fourth-order valence-electron chi connectivity index (χ4n) is 5.15. The summed E-state index contributed by atoms with van der Waals surface area (Å²) < 4.78 is 2.38. The highest BCUT2D eigenvalue weighted by atomic mass is 16.2. The molecular formula is C22H29N5O2. The Labute approximate surface area is 171 Å². The van der Waals surface area contributed by atoms with Crippen LogP contribution in [0.1, 0.15) is 31.7 Å². The number of carbonyl (C=O) groups excluding carboxylic acids is 2. The molecule has 3 aliphatic heterocycles. The minimum absolute atomic E-state index is 0.198. The number of hydrogen-bond donors (Lipinski definition) is 2. The summed E-state index contributed by atoms with van der Waals surface area (Å²) in [6.07, 6.45) is 6.25. The summed E-state index contributed by atoms with van der Waals surface area (Å²) in [5.74, 6) is 0.624. The number of urea groups is 1. The van der Waals surface area contributed by atoms with Crippen LogP contribution in [0.25, 0.3) is 10.9 Å². The number of likely N-dealkylation sites (tertiary alicyclic amines) is 1. The van der Waals surface area contributed by atoms with Crippen molar-refractivity contribution in [3.05, 3.63) is 30.5 Å². The van der Waals surface area contributed by atoms with Gasteiger partial charge in [-0.05, 0) is 56.5 Å². The summed E-state index contributed by atoms with van der Waals surface area (Å²) in [5, 5.41) is 6.96. The maximum atomic E-state index is 12.3. The van der Waals surface area contributed by atoms with E-state index in [1.54, 1.807) is 4.90 Å². The number of imide groups is 1. The first kappa shape index (κ1) is 18.6. The maximum absolute atomic E-state index is 12.3. The number of hydrogen-bond acceptors (Lipinski definition) is 4. The van der Waals surface area contributed by atoms with Crippen LogP contribution in [0.15, 0.2) is 30.5 Å². The summed E-state index contributed by atoms with van der Waals surface area (Å²) in [6, 6.07) is 8.39. The second kappa shape index (κ2) is 7.80. The lowest BCUT2D eigenvalue weighted by atomic mass is 9.98. The number of nitrogens with one attached hydrogen (secondary N) is 2. The number of aromatic nitrogens is 1. The molecule has 4 heterocycles. The Morgan fingerprint density at radius 2 is 1.90 bits per heavy atom. The third kappa shape index (κ3) is 3.65. The highest BCUT2D eigenvalue weighted by Gasteiger charge is 2.29. The highest BCUT2D eigenvalue weighted by molar-refractivity contribution is 6.09. The molecular weight excluding hydrogens is 366 g/mol. The van der Waals surface area contributed by atoms with Gasteiger partial charge in [0.05, 0.1) is 11.2 Å². The predicted octanol–water partition coefficient (Wildman–Crippen LogP) is 2.33. The molecule has 0 radical (unpaired) electrons. The van der Waals surface area contributed by atoms with Gasteiger partial charge in [0.15, 0.2) is 0 Å². The fraction of sp³-hybridized carbons (Fsp3) is 0.545. The largest absolute Gasteiger partial charge is 0.343 e. The SMILES string of the molecule is O=C1CCN(c2cccc3c2ccn3[C@H]2CCN(CC3CCNCC3)C2)C(=O)N1. The minimum Gasteiger partial charge on any atom is -0.343 e. The average Bonchev–Trinajstić information content (AvgIpc) is 3.35. The van der Waals surface area contributed by atoms with Crippen molar-refractivity contribution in [2.75, 3.05) is 44.2 Å². The fourth-order valence-corrected chi connectivity index (χ4v) is 5.15. The van der Waals surface area contributed by atoms with Gasteiger partial charge < -0.3 is 14.8 Å². The van der Waals surface area contributed by atoms with E-state index in [0.29, 0.717) is 19.0 Å². The molecule has 2 aromatic rings. The normalized spacial score (nSPS) is 24.4. The molecule has 5 rings (SSSR count). The minimum atomic E-state index is -0.324. The molecule has 7 heteroatoms. The second-order valence-electron chi connectivity index (χ2n) is 8.58. The van der Waals surface area contributed by atoms with Gasteiger partial charge >= 0.3 is 6.03 Å². The third-order valence-corrected chi connectivity index (χ3v) is 6.70. The molecule has 3 aliphatic rings. The summed E-state index contributed by atoms with van der Waals surface area (Å²) in [4.78, 5) is 28.1. The van der Waals surface area contributed by atoms with Gasteiger partial charge in [-0.2, -0.15) is 0 Å². The number of anilines is 1. The van der Waals surface area contributed by atoms with Crippen LogP contribution in [0, 0.1) is 5.92 Å². The molecule has 1 aromatic carbocycles. The monoisotopic (exact) mass is 395 g/mol. The van der Waals surface area contributed by atoms with Crippen LogP contribution in [0.3, 0.4) is 0 Å². The van der Waals surface area contributed by atoms with E-state index in [-0.39, 0.29) is 11.9 Å². The van der Waals surface area contributed by atoms with Crippen LogP contribution in [-0.4, -0.2) is 60.7 Å². The quantitative estimate of drug-likeness (QED) is 0.834. The van der Waals surface area contributed by atoms with E-state index in [1.807, 2.05) is 12.1 Å². The van der Waals surface area contributed by atoms with Gasteiger partial charge in [0.25, 0.3) is 0 Å². The Hall–Kier alpha value is -2.38. The lowest BCUT2D eigenvalue weighted by molar-refractivity contribution is -0.120. The molecule has 29 heavy (non-hydrogen) atoms. The second-order valence-corrected chi connectivity index (χ2v) is 8.58. The van der Waals surface area contributed by atoms with Crippen LogP contribution in [-0.2, 0) is 4.79 Å². The van der Waals surface area contributed by atoms with Gasteiger partial charge in [0.2, 0.25) is 5.91 Å². The molecule has 3 saturated heterocycles. The van der Waals surface area contributed by atoms with Gasteiger partial charge in [-0.3, -0.25) is 15.0 Å². The highest BCUT2D eigenvalue weighted by Crippen LogP contribution is 2.33. The molecule has 3 amide bonds. The first-order valence-electron chi connectivity index (χ1n) is 10.8. The molecule has 3 fully saturated rings. The molecule has 1 aromatic heterocycles. The molecule has 0 unspecified atom stereocenters. The van der Waals surface area contributed by atoms with E-state index < -0.39 is 0 Å². The van der Waals surface area contributed by atoms with E-state index in [9.17, 15) is 9.59 Å². The Bertz CT molecular complexity index is 917. The van der Waals surface area contributed by atoms with E-state index >= 15 is 0 Å². The van der Waals surface area contributed by atoms with Crippen LogP contribution in [0.5, 0.6) is 0 Å². The van der Waals surface area contributed by atoms with Crippen molar-refractivity contribution in [2.24, 2.45) is 5.92 Å². The van der Waals surface area contributed by atoms with Crippen molar-refractivity contribution in [2.45, 2.75) is 31.7 Å². The lowest BCUT2D eigenvalue weighted by Crippen LogP contribution is -2.49. The Balaban J connectivity index is 1.34. The predicted molar refractivity (Wildman–Crippen MR) is 113 cm³/mol. The van der Waals surface area contributed by atoms with Gasteiger partial charge in [-0.25, -0.2) is 4.79 Å². The van der Waals surface area contributed by atoms with Gasteiger partial charge in [0, 0.05) is 50.2 Å². The van der Waals surface area contributed by atoms with Crippen molar-refractivity contribution in [1.29, 1.82) is 0 Å². The number of rotatable bonds is 4. The zero-order valence-corrected chi connectivity index (χ0v) is 16.8. The summed E-state index contributed by atoms with van der Waals surface area (Å²) >= 11 is 0. The van der Waals surface area contributed by atoms with Crippen molar-refractivity contribution in [3.63, 3.8) is 0 Å². The Morgan fingerprint density at radius 3 is 2.72 bits per heavy atom. The number of benzene rings is 1. The molecule has 1 atom stereocenters. The van der Waals surface area contributed by atoms with E-state index in [0.717, 1.165) is 49.6 Å². The Kier molecular flexibility index (Phi) is 5.01. The zero-order chi connectivity index (χ0) is 19.8. The van der Waals surface area contributed by atoms with Crippen molar-refractivity contribution in [3.8, 4) is 0 Å². The van der Waals surface area contributed by atoms with Crippen molar-refractivity contribution >= 4 is 28.5 Å². The number of nitrogens with zero attached hydrogens (tertiary/aromatic N) is 3. The van der Waals surface area contributed by atoms with Crippen LogP contribution in [0.4, 0.5) is 10.5 Å². The number of piperidine rings is 1. The first-order valence-corrected chi connectivity index (χ1v) is 10.8. The molecule has 0 aliphatic carbocycles. The van der Waals surface area contributed by atoms with E-state index in [1.165, 1.54) is 24.9 Å². The topological polar surface area (TPSA) is 69.6 Å². The molecule has 154 valence electrons. The average molecular weight is 396 g/mol. The molecule has 7 nitrogen and oxygen atoms in total. The van der Waals surface area contributed by atoms with Crippen LogP contribution < -0.4 is 15.5 Å². The summed E-state index contributed by atoms with van der Waals surface area (Å²) in [6.45, 7) is 6.21. The molecule has 0 bridgehead atoms. The smallest absolute Gasteiger partial charge is 0.328 e. The summed E-state index contributed by atoms with van der Waals surface area (Å²) in [7, 11) is 0. The number of amides is 3. The maximum Gasteiger partial charge on any atom is 0.328 e. The summed E-state index contributed by atoms with van der Waals surface area (Å²) in [5.41, 5.74) is 2.05. The zero-order valence-electron chi connectivity index (χ0n) is 16.8. The Morgan fingerprint density at radius 1 is 1.03 bits per heavy atom. The lowest BCUT2D eigenvalue weighted by Gasteiger charge is -2.28. The molecule has 2 N–H and O–H groups in total. The third-order valence-electron chi connectivity index (χ3n) is 6.70. The van der Waals surface area contributed by atoms with E-state index in [4.69, 9.17) is 0 Å². The van der Waals surface area contributed by atoms with Gasteiger partial charge in [-0.1, -0.05) is 6.07 Å². The number of carbonyl (C=O) groups is 2. The standard InChI is InChI=1S/C22H29N5O2/c28-21-8-13-27(22(29)24-21)20-3-1-2-19-18(20)7-12-26(19)17-6-11-25(15-17)14-16-4-9-23-10-5-16/h1-3,7,12,16-17,23H,4-6,8-11,13-15H2,(H,24,28,29)/t17-/m0/s1. The molecule has 0 spiro atoms. The molecule has 0 saturated carbocycles. The number of fused-ring (bicyclic) bond motifs is 1. The van der Waals surface area contributed by atoms with Crippen LogP contribution in [0.2, 0.25) is 0 Å². The van der Waals surface area contributed by atoms with Gasteiger partial charge in [-0.15, -0.1) is 0 Å².